The van der Waals surface area contributed by atoms with Gasteiger partial charge in [-0.2, -0.15) is 5.10 Å². The van der Waals surface area contributed by atoms with Crippen molar-refractivity contribution in [3.8, 4) is 11.5 Å². The van der Waals surface area contributed by atoms with Crippen LogP contribution in [0.2, 0.25) is 10.0 Å². The average Bonchev–Trinajstić information content (AvgIpc) is 2.99. The monoisotopic (exact) mass is 424 g/mol. The number of halogens is 2. The standard InChI is InChI=1S/C18H18Cl2N4O2S/c1-11-22-23-18(27)24(11)21-9-13-4-3-5-16(25-2)17(13)26-10-12-6-7-14(19)15(20)8-12/h3-8,21H,9-10H2,1-2H3,(H,23,27). The summed E-state index contributed by atoms with van der Waals surface area (Å²) < 4.78 is 13.7. The maximum atomic E-state index is 6.08. The molecule has 0 spiro atoms. The molecule has 0 bridgehead atoms. The van der Waals surface area contributed by atoms with Crippen molar-refractivity contribution in [3.63, 3.8) is 0 Å². The molecular formula is C18H18Cl2N4O2S. The fraction of sp³-hybridized carbons (Fsp3) is 0.222. The molecule has 1 aromatic heterocycles. The number of benzene rings is 2. The smallest absolute Gasteiger partial charge is 0.214 e. The van der Waals surface area contributed by atoms with Crippen molar-refractivity contribution < 1.29 is 9.47 Å². The molecule has 0 unspecified atom stereocenters. The van der Waals surface area contributed by atoms with Crippen LogP contribution >= 0.6 is 35.4 Å². The Morgan fingerprint density at radius 3 is 2.70 bits per heavy atom. The highest BCUT2D eigenvalue weighted by Gasteiger charge is 2.12. The second-order valence-electron chi connectivity index (χ2n) is 5.73. The van der Waals surface area contributed by atoms with Gasteiger partial charge in [-0.3, -0.25) is 5.10 Å². The first-order valence-electron chi connectivity index (χ1n) is 8.10. The van der Waals surface area contributed by atoms with Crippen LogP contribution in [-0.4, -0.2) is 22.0 Å². The molecule has 0 saturated carbocycles. The first-order valence-corrected chi connectivity index (χ1v) is 9.26. The Balaban J connectivity index is 1.80. The molecule has 142 valence electrons. The Kier molecular flexibility index (Phi) is 6.26. The van der Waals surface area contributed by atoms with Crippen molar-refractivity contribution in [3.05, 3.63) is 68.2 Å². The van der Waals surface area contributed by atoms with Gasteiger partial charge in [0.2, 0.25) is 4.77 Å². The molecule has 0 aliphatic carbocycles. The topological polar surface area (TPSA) is 64.1 Å². The molecule has 9 heteroatoms. The highest BCUT2D eigenvalue weighted by molar-refractivity contribution is 7.71. The SMILES string of the molecule is COc1cccc(CNn2c(C)n[nH]c2=S)c1OCc1ccc(Cl)c(Cl)c1. The maximum absolute atomic E-state index is 6.08. The van der Waals surface area contributed by atoms with Crippen LogP contribution in [0.5, 0.6) is 11.5 Å². The molecule has 0 radical (unpaired) electrons. The number of hydrogen-bond acceptors (Lipinski definition) is 5. The fourth-order valence-corrected chi connectivity index (χ4v) is 3.10. The molecule has 0 amide bonds. The number of aryl methyl sites for hydroxylation is 1. The molecular weight excluding hydrogens is 407 g/mol. The van der Waals surface area contributed by atoms with Crippen molar-refractivity contribution in [2.24, 2.45) is 0 Å². The maximum Gasteiger partial charge on any atom is 0.214 e. The van der Waals surface area contributed by atoms with Crippen LogP contribution < -0.4 is 14.9 Å². The van der Waals surface area contributed by atoms with E-state index in [0.29, 0.717) is 39.5 Å². The molecule has 0 aliphatic rings. The largest absolute Gasteiger partial charge is 0.493 e. The number of methoxy groups -OCH3 is 1. The number of rotatable bonds is 7. The van der Waals surface area contributed by atoms with Gasteiger partial charge in [0.15, 0.2) is 11.5 Å². The number of nitrogens with one attached hydrogen (secondary N) is 2. The molecule has 2 aromatic carbocycles. The molecule has 27 heavy (non-hydrogen) atoms. The Labute approximate surface area is 172 Å². The summed E-state index contributed by atoms with van der Waals surface area (Å²) in [4.78, 5) is 0. The number of H-pyrrole nitrogens is 1. The first-order chi connectivity index (χ1) is 13.0. The van der Waals surface area contributed by atoms with Crippen molar-refractivity contribution in [2.45, 2.75) is 20.1 Å². The van der Waals surface area contributed by atoms with Gasteiger partial charge in [0, 0.05) is 5.56 Å². The Morgan fingerprint density at radius 2 is 2.04 bits per heavy atom. The van der Waals surface area contributed by atoms with Gasteiger partial charge < -0.3 is 14.9 Å². The number of nitrogens with zero attached hydrogens (tertiary/aromatic N) is 2. The first kappa shape index (κ1) is 19.5. The van der Waals surface area contributed by atoms with Gasteiger partial charge in [0.05, 0.1) is 23.7 Å². The van der Waals surface area contributed by atoms with E-state index in [9.17, 15) is 0 Å². The number of aromatic amines is 1. The number of aromatic nitrogens is 3. The second kappa shape index (κ2) is 8.65. The van der Waals surface area contributed by atoms with E-state index in [2.05, 4.69) is 15.6 Å². The van der Waals surface area contributed by atoms with Gasteiger partial charge in [-0.15, -0.1) is 0 Å². The van der Waals surface area contributed by atoms with Crippen LogP contribution in [-0.2, 0) is 13.2 Å². The fourth-order valence-electron chi connectivity index (χ4n) is 2.54. The van der Waals surface area contributed by atoms with E-state index in [1.165, 1.54) is 0 Å². The van der Waals surface area contributed by atoms with Crippen LogP contribution in [0.15, 0.2) is 36.4 Å². The summed E-state index contributed by atoms with van der Waals surface area (Å²) in [6.45, 7) is 2.66. The summed E-state index contributed by atoms with van der Waals surface area (Å²) in [6.07, 6.45) is 0. The van der Waals surface area contributed by atoms with Crippen molar-refractivity contribution in [2.75, 3.05) is 12.5 Å². The van der Waals surface area contributed by atoms with Crippen LogP contribution in [0.25, 0.3) is 0 Å². The summed E-state index contributed by atoms with van der Waals surface area (Å²) >= 11 is 17.3. The van der Waals surface area contributed by atoms with Crippen LogP contribution in [0.1, 0.15) is 17.0 Å². The number of para-hydroxylation sites is 1. The van der Waals surface area contributed by atoms with Gasteiger partial charge in [0.25, 0.3) is 0 Å². The van der Waals surface area contributed by atoms with E-state index in [0.717, 1.165) is 17.0 Å². The highest BCUT2D eigenvalue weighted by atomic mass is 35.5. The minimum atomic E-state index is 0.328. The Hall–Kier alpha value is -2.22. The quantitative estimate of drug-likeness (QED) is 0.528. The lowest BCUT2D eigenvalue weighted by atomic mass is 10.2. The van der Waals surface area contributed by atoms with E-state index in [1.54, 1.807) is 23.9 Å². The molecule has 0 aliphatic heterocycles. The van der Waals surface area contributed by atoms with Crippen molar-refractivity contribution in [1.29, 1.82) is 0 Å². The zero-order valence-electron chi connectivity index (χ0n) is 14.8. The van der Waals surface area contributed by atoms with Crippen molar-refractivity contribution >= 4 is 35.4 Å². The van der Waals surface area contributed by atoms with Gasteiger partial charge in [-0.1, -0.05) is 41.4 Å². The summed E-state index contributed by atoms with van der Waals surface area (Å²) in [5.41, 5.74) is 5.05. The Morgan fingerprint density at radius 1 is 1.22 bits per heavy atom. The van der Waals surface area contributed by atoms with Crippen LogP contribution in [0.4, 0.5) is 0 Å². The normalized spacial score (nSPS) is 10.7. The minimum absolute atomic E-state index is 0.328. The average molecular weight is 425 g/mol. The molecule has 3 rings (SSSR count). The van der Waals surface area contributed by atoms with Crippen LogP contribution in [0, 0.1) is 11.7 Å². The van der Waals surface area contributed by atoms with Crippen molar-refractivity contribution in [1.82, 2.24) is 14.9 Å². The summed E-state index contributed by atoms with van der Waals surface area (Å²) in [6, 6.07) is 11.1. The minimum Gasteiger partial charge on any atom is -0.493 e. The van der Waals surface area contributed by atoms with E-state index in [1.807, 2.05) is 31.2 Å². The molecule has 3 aromatic rings. The lowest BCUT2D eigenvalue weighted by Gasteiger charge is -2.16. The molecule has 0 atom stereocenters. The zero-order chi connectivity index (χ0) is 19.4. The highest BCUT2D eigenvalue weighted by Crippen LogP contribution is 2.32. The number of ether oxygens (including phenoxy) is 2. The van der Waals surface area contributed by atoms with Gasteiger partial charge in [-0.05, 0) is 42.9 Å². The van der Waals surface area contributed by atoms with E-state index < -0.39 is 0 Å². The molecule has 1 heterocycles. The van der Waals surface area contributed by atoms with E-state index >= 15 is 0 Å². The second-order valence-corrected chi connectivity index (χ2v) is 6.93. The number of hydrogen-bond donors (Lipinski definition) is 2. The van der Waals surface area contributed by atoms with Gasteiger partial charge >= 0.3 is 0 Å². The van der Waals surface area contributed by atoms with Gasteiger partial charge in [0.1, 0.15) is 12.4 Å². The molecule has 0 fully saturated rings. The van der Waals surface area contributed by atoms with Gasteiger partial charge in [-0.25, -0.2) is 4.68 Å². The third-order valence-corrected chi connectivity index (χ3v) is 4.93. The Bertz CT molecular complexity index is 1000. The molecule has 0 saturated heterocycles. The summed E-state index contributed by atoms with van der Waals surface area (Å²) in [7, 11) is 1.61. The van der Waals surface area contributed by atoms with Crippen LogP contribution in [0.3, 0.4) is 0 Å². The van der Waals surface area contributed by atoms with E-state index in [4.69, 9.17) is 44.9 Å². The predicted octanol–water partition coefficient (Wildman–Crippen LogP) is 4.89. The third kappa shape index (κ3) is 4.55. The molecule has 2 N–H and O–H groups in total. The zero-order valence-corrected chi connectivity index (χ0v) is 17.1. The van der Waals surface area contributed by atoms with E-state index in [-0.39, 0.29) is 0 Å². The third-order valence-electron chi connectivity index (χ3n) is 3.92. The summed E-state index contributed by atoms with van der Waals surface area (Å²) in [5, 5.41) is 7.82. The lowest BCUT2D eigenvalue weighted by molar-refractivity contribution is 0.281. The summed E-state index contributed by atoms with van der Waals surface area (Å²) in [5.74, 6) is 2.02. The lowest BCUT2D eigenvalue weighted by Crippen LogP contribution is -2.16. The molecule has 6 nitrogen and oxygen atoms in total. The predicted molar refractivity (Wildman–Crippen MR) is 109 cm³/mol.